The van der Waals surface area contributed by atoms with E-state index in [0.29, 0.717) is 11.3 Å². The van der Waals surface area contributed by atoms with Gasteiger partial charge in [-0.05, 0) is 31.2 Å². The first-order valence-electron chi connectivity index (χ1n) is 6.58. The minimum absolute atomic E-state index is 0.164. The topological polar surface area (TPSA) is 94.3 Å². The number of benzene rings is 1. The highest BCUT2D eigenvalue weighted by molar-refractivity contribution is 7.10. The largest absolute Gasteiger partial charge is 0.443 e. The summed E-state index contributed by atoms with van der Waals surface area (Å²) in [7, 11) is 0. The van der Waals surface area contributed by atoms with Crippen LogP contribution in [0.15, 0.2) is 29.6 Å². The first kappa shape index (κ1) is 17.9. The van der Waals surface area contributed by atoms with E-state index in [-0.39, 0.29) is 17.1 Å². The van der Waals surface area contributed by atoms with Gasteiger partial charge in [-0.25, -0.2) is 9.78 Å². The van der Waals surface area contributed by atoms with Crippen LogP contribution < -0.4 is 15.8 Å². The number of nitrogens with zero attached hydrogens (tertiary/aromatic N) is 1. The minimum atomic E-state index is -4.56. The van der Waals surface area contributed by atoms with Gasteiger partial charge in [0.2, 0.25) is 0 Å². The number of nitrogens with two attached hydrogens (primary N) is 1. The molecule has 1 amide bonds. The third-order valence-corrected chi connectivity index (χ3v) is 3.58. The highest BCUT2D eigenvalue weighted by Crippen LogP contribution is 2.32. The molecule has 6 nitrogen and oxygen atoms in total. The SMILES string of the molecule is CC(N)C(=O)Oc1ccc(C(=O)Nc2csc(C(F)(F)F)n2)cc1. The normalized spacial score (nSPS) is 12.5. The lowest BCUT2D eigenvalue weighted by atomic mass is 10.2. The van der Waals surface area contributed by atoms with Gasteiger partial charge < -0.3 is 15.8 Å². The summed E-state index contributed by atoms with van der Waals surface area (Å²) in [6.07, 6.45) is -4.56. The summed E-state index contributed by atoms with van der Waals surface area (Å²) in [5, 5.41) is 2.31. The molecule has 1 aromatic heterocycles. The van der Waals surface area contributed by atoms with Crippen molar-refractivity contribution in [3.05, 3.63) is 40.2 Å². The molecule has 0 aliphatic rings. The van der Waals surface area contributed by atoms with Gasteiger partial charge in [0.25, 0.3) is 5.91 Å². The maximum atomic E-state index is 12.5. The molecule has 0 saturated carbocycles. The number of esters is 1. The molecule has 1 heterocycles. The molecular formula is C14H12F3N3O3S. The third-order valence-electron chi connectivity index (χ3n) is 2.70. The van der Waals surface area contributed by atoms with Gasteiger partial charge in [0.05, 0.1) is 0 Å². The van der Waals surface area contributed by atoms with Crippen LogP contribution in [0.3, 0.4) is 0 Å². The van der Waals surface area contributed by atoms with Crippen molar-refractivity contribution < 1.29 is 27.5 Å². The van der Waals surface area contributed by atoms with Crippen molar-refractivity contribution in [2.45, 2.75) is 19.1 Å². The zero-order chi connectivity index (χ0) is 17.9. The smallest absolute Gasteiger partial charge is 0.425 e. The maximum Gasteiger partial charge on any atom is 0.443 e. The average Bonchev–Trinajstić information content (AvgIpc) is 2.96. The van der Waals surface area contributed by atoms with Crippen molar-refractivity contribution in [2.24, 2.45) is 5.73 Å². The van der Waals surface area contributed by atoms with Crippen LogP contribution in [0.1, 0.15) is 22.3 Å². The Morgan fingerprint density at radius 2 is 1.92 bits per heavy atom. The second-order valence-electron chi connectivity index (χ2n) is 4.72. The molecule has 0 aliphatic carbocycles. The third kappa shape index (κ3) is 4.52. The summed E-state index contributed by atoms with van der Waals surface area (Å²) in [5.41, 5.74) is 5.52. The number of ether oxygens (including phenoxy) is 1. The number of anilines is 1. The predicted molar refractivity (Wildman–Crippen MR) is 80.8 cm³/mol. The number of halogens is 3. The number of hydrogen-bond acceptors (Lipinski definition) is 6. The Morgan fingerprint density at radius 1 is 1.29 bits per heavy atom. The predicted octanol–water partition coefficient (Wildman–Crippen LogP) is 2.67. The summed E-state index contributed by atoms with van der Waals surface area (Å²) in [6, 6.07) is 4.67. The van der Waals surface area contributed by atoms with Gasteiger partial charge in [-0.3, -0.25) is 4.79 Å². The monoisotopic (exact) mass is 359 g/mol. The number of carbonyl (C=O) groups is 2. The van der Waals surface area contributed by atoms with Crippen LogP contribution in [0.25, 0.3) is 0 Å². The lowest BCUT2D eigenvalue weighted by Gasteiger charge is -2.07. The fourth-order valence-corrected chi connectivity index (χ4v) is 2.15. The van der Waals surface area contributed by atoms with E-state index >= 15 is 0 Å². The summed E-state index contributed by atoms with van der Waals surface area (Å²) in [4.78, 5) is 26.6. The fraction of sp³-hybridized carbons (Fsp3) is 0.214. The van der Waals surface area contributed by atoms with E-state index in [2.05, 4.69) is 10.3 Å². The molecule has 3 N–H and O–H groups in total. The molecule has 2 aromatic rings. The molecule has 0 saturated heterocycles. The number of thiazole rings is 1. The van der Waals surface area contributed by atoms with Crippen molar-refractivity contribution in [3.8, 4) is 5.75 Å². The lowest BCUT2D eigenvalue weighted by Crippen LogP contribution is -2.30. The molecule has 10 heteroatoms. The van der Waals surface area contributed by atoms with Crippen LogP contribution in [0.4, 0.5) is 19.0 Å². The Kier molecular flexibility index (Phi) is 5.20. The van der Waals surface area contributed by atoms with Crippen molar-refractivity contribution in [1.29, 1.82) is 0 Å². The molecule has 0 fully saturated rings. The molecule has 1 atom stereocenters. The van der Waals surface area contributed by atoms with E-state index < -0.39 is 29.1 Å². The van der Waals surface area contributed by atoms with Crippen molar-refractivity contribution >= 4 is 29.0 Å². The van der Waals surface area contributed by atoms with Gasteiger partial charge in [0.15, 0.2) is 5.01 Å². The Bertz CT molecular complexity index is 742. The van der Waals surface area contributed by atoms with Crippen molar-refractivity contribution in [2.75, 3.05) is 5.32 Å². The summed E-state index contributed by atoms with van der Waals surface area (Å²) >= 11 is 0.385. The van der Waals surface area contributed by atoms with Crippen molar-refractivity contribution in [3.63, 3.8) is 0 Å². The molecule has 24 heavy (non-hydrogen) atoms. The van der Waals surface area contributed by atoms with Gasteiger partial charge in [-0.1, -0.05) is 0 Å². The summed E-state index contributed by atoms with van der Waals surface area (Å²) in [5.74, 6) is -1.26. The van der Waals surface area contributed by atoms with E-state index in [1.54, 1.807) is 0 Å². The Hall–Kier alpha value is -2.46. The zero-order valence-electron chi connectivity index (χ0n) is 12.3. The minimum Gasteiger partial charge on any atom is -0.425 e. The van der Waals surface area contributed by atoms with Gasteiger partial charge in [-0.2, -0.15) is 13.2 Å². The summed E-state index contributed by atoms with van der Waals surface area (Å²) < 4.78 is 42.3. The van der Waals surface area contributed by atoms with Crippen LogP contribution in [0, 0.1) is 0 Å². The van der Waals surface area contributed by atoms with Gasteiger partial charge in [0.1, 0.15) is 17.6 Å². The van der Waals surface area contributed by atoms with Crippen LogP contribution in [0.2, 0.25) is 0 Å². The zero-order valence-corrected chi connectivity index (χ0v) is 13.1. The van der Waals surface area contributed by atoms with Crippen LogP contribution in [-0.2, 0) is 11.0 Å². The number of aromatic nitrogens is 1. The van der Waals surface area contributed by atoms with Crippen LogP contribution in [0.5, 0.6) is 5.75 Å². The fourth-order valence-electron chi connectivity index (χ4n) is 1.53. The van der Waals surface area contributed by atoms with E-state index in [1.165, 1.54) is 31.2 Å². The molecule has 1 aromatic carbocycles. The molecule has 0 spiro atoms. The van der Waals surface area contributed by atoms with Crippen LogP contribution >= 0.6 is 11.3 Å². The number of alkyl halides is 3. The molecule has 0 bridgehead atoms. The molecule has 128 valence electrons. The maximum absolute atomic E-state index is 12.5. The second kappa shape index (κ2) is 6.97. The van der Waals surface area contributed by atoms with Crippen LogP contribution in [-0.4, -0.2) is 22.9 Å². The Morgan fingerprint density at radius 3 is 2.42 bits per heavy atom. The molecule has 1 unspecified atom stereocenters. The summed E-state index contributed by atoms with van der Waals surface area (Å²) in [6.45, 7) is 1.47. The molecular weight excluding hydrogens is 347 g/mol. The first-order chi connectivity index (χ1) is 11.2. The Balaban J connectivity index is 2.02. The van der Waals surface area contributed by atoms with E-state index in [0.717, 1.165) is 5.38 Å². The van der Waals surface area contributed by atoms with Gasteiger partial charge >= 0.3 is 12.1 Å². The quantitative estimate of drug-likeness (QED) is 0.647. The number of amides is 1. The highest BCUT2D eigenvalue weighted by Gasteiger charge is 2.34. The highest BCUT2D eigenvalue weighted by atomic mass is 32.1. The average molecular weight is 359 g/mol. The van der Waals surface area contributed by atoms with E-state index in [4.69, 9.17) is 10.5 Å². The number of hydrogen-bond donors (Lipinski definition) is 2. The number of rotatable bonds is 4. The second-order valence-corrected chi connectivity index (χ2v) is 5.58. The molecule has 0 radical (unpaired) electrons. The number of carbonyl (C=O) groups excluding carboxylic acids is 2. The number of nitrogens with one attached hydrogen (secondary N) is 1. The van der Waals surface area contributed by atoms with Crippen molar-refractivity contribution in [1.82, 2.24) is 4.98 Å². The standard InChI is InChI=1S/C14H12F3N3O3S/c1-7(18)12(22)23-9-4-2-8(3-5-9)11(21)19-10-6-24-13(20-10)14(15,16)17/h2-7H,18H2,1H3,(H,19,21). The van der Waals surface area contributed by atoms with E-state index in [1.807, 2.05) is 0 Å². The van der Waals surface area contributed by atoms with Gasteiger partial charge in [0, 0.05) is 10.9 Å². The lowest BCUT2D eigenvalue weighted by molar-refractivity contribution is -0.137. The Labute approximate surface area is 138 Å². The van der Waals surface area contributed by atoms with Gasteiger partial charge in [-0.15, -0.1) is 11.3 Å². The first-order valence-corrected chi connectivity index (χ1v) is 7.46. The molecule has 2 rings (SSSR count). The molecule has 0 aliphatic heterocycles. The van der Waals surface area contributed by atoms with E-state index in [9.17, 15) is 22.8 Å².